The number of hydrogen-bond donors (Lipinski definition) is 0. The van der Waals surface area contributed by atoms with Crippen molar-refractivity contribution in [3.8, 4) is 5.97 Å². The summed E-state index contributed by atoms with van der Waals surface area (Å²) in [6.07, 6.45) is 0. The van der Waals surface area contributed by atoms with Crippen molar-refractivity contribution in [1.29, 1.82) is 5.26 Å². The van der Waals surface area contributed by atoms with E-state index >= 15 is 0 Å². The molecule has 0 aliphatic rings. The Balaban J connectivity index is 2.76. The van der Waals surface area contributed by atoms with Crippen LogP contribution in [0, 0.1) is 11.2 Å². The van der Waals surface area contributed by atoms with Crippen molar-refractivity contribution in [2.75, 3.05) is 0 Å². The van der Waals surface area contributed by atoms with Gasteiger partial charge in [0.1, 0.15) is 0 Å². The predicted molar refractivity (Wildman–Crippen MR) is 51.5 cm³/mol. The molecule has 0 spiro atoms. The van der Waals surface area contributed by atoms with E-state index in [0.29, 0.717) is 7.28 Å². The van der Waals surface area contributed by atoms with E-state index in [0.717, 1.165) is 10.8 Å². The Kier molecular flexibility index (Phi) is 3.19. The highest BCUT2D eigenvalue weighted by molar-refractivity contribution is 9.08. The molecular weight excluding hydrogens is 201 g/mol. The van der Waals surface area contributed by atoms with Gasteiger partial charge in [-0.05, 0) is 5.56 Å². The van der Waals surface area contributed by atoms with Gasteiger partial charge in [0, 0.05) is 11.3 Å². The van der Waals surface area contributed by atoms with Gasteiger partial charge in [0.15, 0.2) is 0 Å². The molecule has 0 aromatic heterocycles. The van der Waals surface area contributed by atoms with E-state index in [9.17, 15) is 0 Å². The Morgan fingerprint density at radius 3 is 2.45 bits per heavy atom. The minimum absolute atomic E-state index is 0.503. The second-order valence-corrected chi connectivity index (χ2v) is 2.85. The SMILES string of the molecule is N#CBc1ccc(CBr)cc1. The van der Waals surface area contributed by atoms with Crippen LogP contribution in [0.25, 0.3) is 0 Å². The lowest BCUT2D eigenvalue weighted by Crippen LogP contribution is -2.11. The van der Waals surface area contributed by atoms with E-state index in [1.807, 2.05) is 24.3 Å². The zero-order valence-corrected chi connectivity index (χ0v) is 7.63. The summed E-state index contributed by atoms with van der Waals surface area (Å²) >= 11 is 3.36. The Bertz CT molecular complexity index is 262. The van der Waals surface area contributed by atoms with Crippen molar-refractivity contribution in [2.24, 2.45) is 0 Å². The molecular formula is C8H7BBrN. The summed E-state index contributed by atoms with van der Waals surface area (Å²) in [5.41, 5.74) is 2.32. The van der Waals surface area contributed by atoms with E-state index in [-0.39, 0.29) is 0 Å². The highest BCUT2D eigenvalue weighted by Gasteiger charge is 1.93. The largest absolute Gasteiger partial charge is 0.282 e. The van der Waals surface area contributed by atoms with Crippen LogP contribution < -0.4 is 5.46 Å². The minimum atomic E-state index is 0.503. The van der Waals surface area contributed by atoms with Crippen molar-refractivity contribution < 1.29 is 0 Å². The summed E-state index contributed by atoms with van der Waals surface area (Å²) in [5.74, 6) is 2.11. The molecule has 0 aliphatic heterocycles. The van der Waals surface area contributed by atoms with Gasteiger partial charge < -0.3 is 0 Å². The first kappa shape index (κ1) is 8.35. The summed E-state index contributed by atoms with van der Waals surface area (Å²) in [7, 11) is 0.503. The first-order chi connectivity index (χ1) is 5.36. The molecule has 0 radical (unpaired) electrons. The summed E-state index contributed by atoms with van der Waals surface area (Å²) in [5, 5.41) is 9.26. The molecule has 3 heteroatoms. The first-order valence-electron chi connectivity index (χ1n) is 3.37. The van der Waals surface area contributed by atoms with Crippen LogP contribution in [-0.4, -0.2) is 7.28 Å². The van der Waals surface area contributed by atoms with Crippen molar-refractivity contribution in [3.63, 3.8) is 0 Å². The Hall–Kier alpha value is -0.745. The predicted octanol–water partition coefficient (Wildman–Crippen LogP) is 1.12. The van der Waals surface area contributed by atoms with E-state index < -0.39 is 0 Å². The quantitative estimate of drug-likeness (QED) is 0.527. The number of hydrogen-bond acceptors (Lipinski definition) is 1. The van der Waals surface area contributed by atoms with Crippen molar-refractivity contribution in [2.45, 2.75) is 5.33 Å². The van der Waals surface area contributed by atoms with Gasteiger partial charge >= 0.3 is 0 Å². The summed E-state index contributed by atoms with van der Waals surface area (Å²) in [4.78, 5) is 0. The lowest BCUT2D eigenvalue weighted by Gasteiger charge is -1.95. The number of alkyl halides is 1. The normalized spacial score (nSPS) is 8.73. The summed E-state index contributed by atoms with van der Waals surface area (Å²) in [6, 6.07) is 8.03. The molecule has 11 heavy (non-hydrogen) atoms. The lowest BCUT2D eigenvalue weighted by atomic mass is 9.72. The van der Waals surface area contributed by atoms with Gasteiger partial charge in [-0.1, -0.05) is 45.7 Å². The van der Waals surface area contributed by atoms with Gasteiger partial charge in [-0.15, -0.1) is 0 Å². The molecule has 0 N–H and O–H groups in total. The number of nitrogens with zero attached hydrogens (tertiary/aromatic N) is 1. The second kappa shape index (κ2) is 4.20. The third-order valence-electron chi connectivity index (χ3n) is 1.46. The molecule has 0 saturated carbocycles. The van der Waals surface area contributed by atoms with Gasteiger partial charge in [-0.25, -0.2) is 5.26 Å². The average Bonchev–Trinajstić information content (AvgIpc) is 2.07. The molecule has 0 amide bonds. The fourth-order valence-corrected chi connectivity index (χ4v) is 1.21. The van der Waals surface area contributed by atoms with Crippen molar-refractivity contribution in [3.05, 3.63) is 29.8 Å². The molecule has 0 aliphatic carbocycles. The van der Waals surface area contributed by atoms with Crippen molar-refractivity contribution >= 4 is 28.7 Å². The topological polar surface area (TPSA) is 23.8 Å². The molecule has 0 bridgehead atoms. The third kappa shape index (κ3) is 2.40. The van der Waals surface area contributed by atoms with Crippen LogP contribution in [0.2, 0.25) is 0 Å². The zero-order chi connectivity index (χ0) is 8.10. The van der Waals surface area contributed by atoms with Crippen LogP contribution in [-0.2, 0) is 5.33 Å². The molecule has 0 unspecified atom stereocenters. The van der Waals surface area contributed by atoms with Gasteiger partial charge in [0.05, 0.1) is 0 Å². The zero-order valence-electron chi connectivity index (χ0n) is 6.05. The number of benzene rings is 1. The van der Waals surface area contributed by atoms with Crippen LogP contribution in [0.4, 0.5) is 0 Å². The van der Waals surface area contributed by atoms with E-state index in [1.54, 1.807) is 0 Å². The maximum Gasteiger partial charge on any atom is 0.282 e. The van der Waals surface area contributed by atoms with E-state index in [1.165, 1.54) is 5.56 Å². The minimum Gasteiger partial charge on any atom is -0.213 e. The maximum absolute atomic E-state index is 8.39. The highest BCUT2D eigenvalue weighted by atomic mass is 79.9. The van der Waals surface area contributed by atoms with Gasteiger partial charge in [0.25, 0.3) is 7.28 Å². The Labute approximate surface area is 75.4 Å². The van der Waals surface area contributed by atoms with Crippen LogP contribution in [0.3, 0.4) is 0 Å². The van der Waals surface area contributed by atoms with Crippen LogP contribution >= 0.6 is 15.9 Å². The third-order valence-corrected chi connectivity index (χ3v) is 2.11. The Morgan fingerprint density at radius 1 is 1.36 bits per heavy atom. The van der Waals surface area contributed by atoms with Gasteiger partial charge in [-0.3, -0.25) is 0 Å². The fraction of sp³-hybridized carbons (Fsp3) is 0.125. The number of halogens is 1. The molecule has 0 atom stereocenters. The standard InChI is InChI=1S/C8H7BBrN/c10-5-7-1-3-8(4-2-7)9-6-11/h1-4,9H,5H2. The lowest BCUT2D eigenvalue weighted by molar-refractivity contribution is 1.45. The van der Waals surface area contributed by atoms with Crippen LogP contribution in [0.1, 0.15) is 5.56 Å². The monoisotopic (exact) mass is 207 g/mol. The summed E-state index contributed by atoms with van der Waals surface area (Å²) in [6.45, 7) is 0. The average molecular weight is 208 g/mol. The molecule has 1 aromatic carbocycles. The molecule has 1 nitrogen and oxygen atoms in total. The summed E-state index contributed by atoms with van der Waals surface area (Å²) < 4.78 is 0. The van der Waals surface area contributed by atoms with Gasteiger partial charge in [-0.2, -0.15) is 0 Å². The van der Waals surface area contributed by atoms with Crippen molar-refractivity contribution in [1.82, 2.24) is 0 Å². The smallest absolute Gasteiger partial charge is 0.213 e. The van der Waals surface area contributed by atoms with E-state index in [4.69, 9.17) is 5.26 Å². The fourth-order valence-electron chi connectivity index (χ4n) is 0.837. The Morgan fingerprint density at radius 2 is 2.00 bits per heavy atom. The van der Waals surface area contributed by atoms with E-state index in [2.05, 4.69) is 21.9 Å². The van der Waals surface area contributed by atoms with Gasteiger partial charge in [0.2, 0.25) is 0 Å². The van der Waals surface area contributed by atoms with Crippen LogP contribution in [0.15, 0.2) is 24.3 Å². The first-order valence-corrected chi connectivity index (χ1v) is 4.49. The number of nitriles is 1. The molecule has 0 heterocycles. The number of rotatable bonds is 2. The molecule has 0 fully saturated rings. The maximum atomic E-state index is 8.39. The van der Waals surface area contributed by atoms with Crippen LogP contribution in [0.5, 0.6) is 0 Å². The molecule has 1 rings (SSSR count). The highest BCUT2D eigenvalue weighted by Crippen LogP contribution is 2.01. The molecule has 1 aromatic rings. The molecule has 0 saturated heterocycles. The second-order valence-electron chi connectivity index (χ2n) is 2.29. The molecule has 54 valence electrons.